The number of hydrogen-bond donors (Lipinski definition) is 0. The van der Waals surface area contributed by atoms with E-state index in [4.69, 9.17) is 26.1 Å². The van der Waals surface area contributed by atoms with Gasteiger partial charge in [-0.2, -0.15) is 5.10 Å². The van der Waals surface area contributed by atoms with Crippen LogP contribution >= 0.6 is 22.9 Å². The molecule has 0 radical (unpaired) electrons. The second kappa shape index (κ2) is 7.78. The molecule has 134 valence electrons. The molecule has 0 bridgehead atoms. The van der Waals surface area contributed by atoms with Gasteiger partial charge in [-0.15, -0.1) is 11.3 Å². The highest BCUT2D eigenvalue weighted by Gasteiger charge is 2.10. The van der Waals surface area contributed by atoms with Gasteiger partial charge in [-0.3, -0.25) is 0 Å². The Hall–Kier alpha value is -2.89. The van der Waals surface area contributed by atoms with Crippen molar-refractivity contribution in [2.75, 3.05) is 0 Å². The van der Waals surface area contributed by atoms with E-state index in [1.54, 1.807) is 6.26 Å². The Morgan fingerprint density at radius 2 is 1.89 bits per heavy atom. The zero-order valence-corrected chi connectivity index (χ0v) is 16.1. The third kappa shape index (κ3) is 3.94. The average Bonchev–Trinajstić information content (AvgIpc) is 3.34. The van der Waals surface area contributed by atoms with Gasteiger partial charge in [0.05, 0.1) is 17.6 Å². The highest BCUT2D eigenvalue weighted by Crippen LogP contribution is 2.24. The van der Waals surface area contributed by atoms with Crippen LogP contribution in [0.25, 0.3) is 11.3 Å². The number of benzene rings is 2. The zero-order valence-electron chi connectivity index (χ0n) is 14.5. The molecule has 0 saturated heterocycles. The van der Waals surface area contributed by atoms with Crippen LogP contribution in [0.15, 0.2) is 92.9 Å². The van der Waals surface area contributed by atoms with E-state index in [0.29, 0.717) is 5.02 Å². The van der Waals surface area contributed by atoms with Crippen LogP contribution < -0.4 is 4.80 Å². The van der Waals surface area contributed by atoms with Gasteiger partial charge in [-0.25, -0.2) is 9.67 Å². The lowest BCUT2D eigenvalue weighted by Crippen LogP contribution is -2.13. The highest BCUT2D eigenvalue weighted by atomic mass is 35.5. The third-order valence-corrected chi connectivity index (χ3v) is 4.97. The van der Waals surface area contributed by atoms with Crippen molar-refractivity contribution in [3.05, 3.63) is 94.0 Å². The minimum absolute atomic E-state index is 0.679. The topological polar surface area (TPSA) is 42.8 Å². The van der Waals surface area contributed by atoms with Crippen molar-refractivity contribution in [3.8, 4) is 11.3 Å². The second-order valence-corrected chi connectivity index (χ2v) is 7.11. The van der Waals surface area contributed by atoms with Crippen LogP contribution in [0.3, 0.4) is 0 Å². The van der Waals surface area contributed by atoms with Crippen molar-refractivity contribution in [1.82, 2.24) is 4.68 Å². The van der Waals surface area contributed by atoms with Crippen LogP contribution in [0.1, 0.15) is 12.7 Å². The predicted molar refractivity (Wildman–Crippen MR) is 111 cm³/mol. The smallest absolute Gasteiger partial charge is 0.211 e. The number of furan rings is 1. The van der Waals surface area contributed by atoms with Crippen molar-refractivity contribution in [1.29, 1.82) is 0 Å². The molecule has 0 atom stereocenters. The van der Waals surface area contributed by atoms with E-state index in [2.05, 4.69) is 0 Å². The predicted octanol–water partition coefficient (Wildman–Crippen LogP) is 5.97. The maximum absolute atomic E-state index is 6.19. The van der Waals surface area contributed by atoms with E-state index < -0.39 is 0 Å². The van der Waals surface area contributed by atoms with E-state index in [9.17, 15) is 0 Å². The van der Waals surface area contributed by atoms with Crippen LogP contribution in [0.4, 0.5) is 5.69 Å². The van der Waals surface area contributed by atoms with E-state index in [0.717, 1.165) is 33.2 Å². The minimum Gasteiger partial charge on any atom is -0.463 e. The molecule has 4 rings (SSSR count). The molecular weight excluding hydrogens is 378 g/mol. The van der Waals surface area contributed by atoms with Gasteiger partial charge in [-0.1, -0.05) is 41.9 Å². The summed E-state index contributed by atoms with van der Waals surface area (Å²) in [5, 5.41) is 7.49. The molecule has 4 nitrogen and oxygen atoms in total. The van der Waals surface area contributed by atoms with Crippen LogP contribution in [-0.2, 0) is 0 Å². The molecule has 4 aromatic rings. The molecule has 0 unspecified atom stereocenters. The van der Waals surface area contributed by atoms with Crippen LogP contribution in [-0.4, -0.2) is 10.4 Å². The first-order valence-corrected chi connectivity index (χ1v) is 9.62. The Kier molecular flexibility index (Phi) is 5.05. The second-order valence-electron chi connectivity index (χ2n) is 5.84. The molecule has 0 aliphatic carbocycles. The molecule has 0 N–H and O–H groups in total. The van der Waals surface area contributed by atoms with Crippen molar-refractivity contribution in [3.63, 3.8) is 0 Å². The largest absolute Gasteiger partial charge is 0.463 e. The summed E-state index contributed by atoms with van der Waals surface area (Å²) in [4.78, 5) is 5.52. The van der Waals surface area contributed by atoms with E-state index in [-0.39, 0.29) is 0 Å². The van der Waals surface area contributed by atoms with Gasteiger partial charge in [0.1, 0.15) is 11.5 Å². The summed E-state index contributed by atoms with van der Waals surface area (Å²) >= 11 is 7.72. The fourth-order valence-corrected chi connectivity index (χ4v) is 3.66. The maximum Gasteiger partial charge on any atom is 0.211 e. The van der Waals surface area contributed by atoms with Crippen LogP contribution in [0, 0.1) is 0 Å². The molecule has 2 aromatic heterocycles. The molecule has 27 heavy (non-hydrogen) atoms. The average molecular weight is 394 g/mol. The van der Waals surface area contributed by atoms with Crippen LogP contribution in [0.2, 0.25) is 5.02 Å². The van der Waals surface area contributed by atoms with E-state index >= 15 is 0 Å². The Balaban J connectivity index is 1.91. The molecule has 6 heteroatoms. The zero-order chi connectivity index (χ0) is 18.6. The number of nitrogens with zero attached hydrogens (tertiary/aromatic N) is 3. The first-order valence-electron chi connectivity index (χ1n) is 8.36. The summed E-state index contributed by atoms with van der Waals surface area (Å²) in [5.41, 5.74) is 3.53. The maximum atomic E-state index is 6.19. The van der Waals surface area contributed by atoms with Gasteiger partial charge in [0, 0.05) is 16.0 Å². The minimum atomic E-state index is 0.679. The fraction of sp³-hybridized carbons (Fsp3) is 0.0476. The number of para-hydroxylation sites is 1. The molecule has 0 fully saturated rings. The van der Waals surface area contributed by atoms with Crippen LogP contribution in [0.5, 0.6) is 0 Å². The Morgan fingerprint density at radius 1 is 1.04 bits per heavy atom. The Labute approximate surface area is 165 Å². The Bertz CT molecular complexity index is 1140. The molecule has 0 saturated carbocycles. The number of rotatable bonds is 4. The molecule has 0 spiro atoms. The molecule has 0 amide bonds. The van der Waals surface area contributed by atoms with Gasteiger partial charge in [0.2, 0.25) is 4.80 Å². The first kappa shape index (κ1) is 17.5. The molecule has 2 heterocycles. The molecular formula is C21H16ClN3OS. The van der Waals surface area contributed by atoms with Gasteiger partial charge in [0.25, 0.3) is 0 Å². The number of thiazole rings is 1. The van der Waals surface area contributed by atoms with E-state index in [1.807, 2.05) is 83.7 Å². The van der Waals surface area contributed by atoms with Crippen molar-refractivity contribution in [2.45, 2.75) is 6.92 Å². The first-order chi connectivity index (χ1) is 13.2. The van der Waals surface area contributed by atoms with Crippen molar-refractivity contribution < 1.29 is 4.42 Å². The summed E-state index contributed by atoms with van der Waals surface area (Å²) in [6, 6.07) is 21.3. The summed E-state index contributed by atoms with van der Waals surface area (Å²) in [6.07, 6.45) is 1.64. The van der Waals surface area contributed by atoms with Gasteiger partial charge in [-0.05, 0) is 43.3 Å². The molecule has 0 aliphatic heterocycles. The number of hydrogen-bond acceptors (Lipinski definition) is 4. The van der Waals surface area contributed by atoms with Gasteiger partial charge >= 0.3 is 0 Å². The van der Waals surface area contributed by atoms with E-state index in [1.165, 1.54) is 11.3 Å². The highest BCUT2D eigenvalue weighted by molar-refractivity contribution is 7.07. The van der Waals surface area contributed by atoms with Crippen molar-refractivity contribution >= 4 is 34.3 Å². The fourth-order valence-electron chi connectivity index (χ4n) is 2.62. The number of halogens is 1. The summed E-state index contributed by atoms with van der Waals surface area (Å²) in [7, 11) is 0. The summed E-state index contributed by atoms with van der Waals surface area (Å²) < 4.78 is 7.31. The third-order valence-electron chi connectivity index (χ3n) is 3.91. The Morgan fingerprint density at radius 3 is 2.63 bits per heavy atom. The number of aromatic nitrogens is 1. The SMILES string of the molecule is C/C(=N\n1c(-c2cccc(Cl)c2)csc1=Nc1ccccc1)c1ccco1. The normalized spacial score (nSPS) is 12.5. The lowest BCUT2D eigenvalue weighted by atomic mass is 10.2. The standard InChI is InChI=1S/C21H16ClN3OS/c1-15(20-11-6-12-26-20)24-25-19(16-7-5-8-17(22)13-16)14-27-21(25)23-18-9-3-2-4-10-18/h2-14H,1H3/b23-21?,24-15+. The van der Waals surface area contributed by atoms with Gasteiger partial charge < -0.3 is 4.42 Å². The monoisotopic (exact) mass is 393 g/mol. The molecule has 0 aliphatic rings. The summed E-state index contributed by atoms with van der Waals surface area (Å²) in [6.45, 7) is 1.91. The molecule has 2 aromatic carbocycles. The summed E-state index contributed by atoms with van der Waals surface area (Å²) in [5.74, 6) is 0.719. The van der Waals surface area contributed by atoms with Gasteiger partial charge in [0.15, 0.2) is 0 Å². The lowest BCUT2D eigenvalue weighted by Gasteiger charge is -2.05. The van der Waals surface area contributed by atoms with Crippen molar-refractivity contribution in [2.24, 2.45) is 10.1 Å². The quantitative estimate of drug-likeness (QED) is 0.394. The lowest BCUT2D eigenvalue weighted by molar-refractivity contribution is 0.556.